The van der Waals surface area contributed by atoms with Crippen LogP contribution in [0.5, 0.6) is 0 Å². The highest BCUT2D eigenvalue weighted by Crippen LogP contribution is 2.34. The van der Waals surface area contributed by atoms with Crippen LogP contribution in [-0.2, 0) is 10.0 Å². The number of carbonyl (C=O) groups is 1. The van der Waals surface area contributed by atoms with Crippen LogP contribution in [0.25, 0.3) is 5.65 Å². The molecular formula is C24H30ClN7O4S. The van der Waals surface area contributed by atoms with Crippen molar-refractivity contribution in [3.05, 3.63) is 52.3 Å². The second-order valence-electron chi connectivity index (χ2n) is 9.83. The lowest BCUT2D eigenvalue weighted by atomic mass is 9.98. The van der Waals surface area contributed by atoms with Gasteiger partial charge in [0.15, 0.2) is 5.65 Å². The summed E-state index contributed by atoms with van der Waals surface area (Å²) < 4.78 is 27.9. The third kappa shape index (κ3) is 5.24. The Morgan fingerprint density at radius 3 is 2.73 bits per heavy atom. The number of aryl methyl sites for hydroxylation is 1. The number of rotatable bonds is 5. The number of carbonyl (C=O) groups excluding carboxylic acids is 1. The van der Waals surface area contributed by atoms with Crippen molar-refractivity contribution in [1.29, 1.82) is 0 Å². The number of piperidine rings is 1. The van der Waals surface area contributed by atoms with Crippen LogP contribution >= 0.6 is 11.6 Å². The van der Waals surface area contributed by atoms with Crippen molar-refractivity contribution >= 4 is 44.7 Å². The molecule has 4 heterocycles. The van der Waals surface area contributed by atoms with Gasteiger partial charge in [-0.05, 0) is 44.4 Å². The Hall–Kier alpha value is -2.93. The van der Waals surface area contributed by atoms with Gasteiger partial charge in [-0.25, -0.2) is 17.9 Å². The standard InChI is InChI=1S/C24H30ClN7O4S/c1-14-11-32-22(27-23(14)30-12-17(26)21(33)13-30)10-19(28-32)20-5-3-4-8-31(20)24(34)16-9-15(25)6-7-18(16)29-37(2,35)36/h6-7,9-11,17,20-21,29,33H,3-5,8,12-13,26H2,1-2H3/t17?,20-,21?/m0/s1. The molecule has 0 spiro atoms. The minimum Gasteiger partial charge on any atom is -0.390 e. The van der Waals surface area contributed by atoms with E-state index in [1.807, 2.05) is 24.1 Å². The fraction of sp³-hybridized carbons (Fsp3) is 0.458. The first kappa shape index (κ1) is 25.7. The molecule has 11 nitrogen and oxygen atoms in total. The average Bonchev–Trinajstić information content (AvgIpc) is 3.40. The van der Waals surface area contributed by atoms with Crippen LogP contribution in [-0.4, -0.2) is 77.0 Å². The number of nitrogens with zero attached hydrogens (tertiary/aromatic N) is 5. The van der Waals surface area contributed by atoms with Gasteiger partial charge in [0.25, 0.3) is 5.91 Å². The molecule has 5 rings (SSSR count). The molecule has 13 heteroatoms. The number of amides is 1. The van der Waals surface area contributed by atoms with E-state index >= 15 is 0 Å². The number of halogens is 1. The molecule has 2 aliphatic rings. The molecule has 2 unspecified atom stereocenters. The predicted octanol–water partition coefficient (Wildman–Crippen LogP) is 1.94. The summed E-state index contributed by atoms with van der Waals surface area (Å²) in [5.41, 5.74) is 8.60. The topological polar surface area (TPSA) is 146 Å². The Morgan fingerprint density at radius 2 is 2.03 bits per heavy atom. The second-order valence-corrected chi connectivity index (χ2v) is 12.0. The summed E-state index contributed by atoms with van der Waals surface area (Å²) in [6, 6.07) is 5.76. The second kappa shape index (κ2) is 9.75. The molecule has 4 N–H and O–H groups in total. The van der Waals surface area contributed by atoms with E-state index < -0.39 is 16.1 Å². The van der Waals surface area contributed by atoms with Crippen molar-refractivity contribution in [2.45, 2.75) is 44.4 Å². The van der Waals surface area contributed by atoms with E-state index in [9.17, 15) is 18.3 Å². The van der Waals surface area contributed by atoms with Gasteiger partial charge in [-0.15, -0.1) is 0 Å². The van der Waals surface area contributed by atoms with Gasteiger partial charge in [0.05, 0.1) is 35.3 Å². The minimum absolute atomic E-state index is 0.184. The zero-order chi connectivity index (χ0) is 26.5. The molecule has 198 valence electrons. The van der Waals surface area contributed by atoms with Crippen LogP contribution in [0, 0.1) is 6.92 Å². The van der Waals surface area contributed by atoms with E-state index in [4.69, 9.17) is 27.4 Å². The van der Waals surface area contributed by atoms with Gasteiger partial charge in [-0.1, -0.05) is 11.6 Å². The van der Waals surface area contributed by atoms with Crippen LogP contribution in [0.4, 0.5) is 11.5 Å². The number of nitrogens with one attached hydrogen (secondary N) is 1. The van der Waals surface area contributed by atoms with E-state index in [0.717, 1.165) is 30.5 Å². The van der Waals surface area contributed by atoms with Crippen molar-refractivity contribution in [1.82, 2.24) is 19.5 Å². The van der Waals surface area contributed by atoms with E-state index in [-0.39, 0.29) is 29.2 Å². The number of aliphatic hydroxyl groups is 1. The third-order valence-electron chi connectivity index (χ3n) is 6.87. The summed E-state index contributed by atoms with van der Waals surface area (Å²) in [6.45, 7) is 3.37. The molecule has 2 aliphatic heterocycles. The first-order valence-corrected chi connectivity index (χ1v) is 14.4. The zero-order valence-corrected chi connectivity index (χ0v) is 22.2. The molecular weight excluding hydrogens is 518 g/mol. The fourth-order valence-corrected chi connectivity index (χ4v) is 5.86. The Kier molecular flexibility index (Phi) is 6.77. The number of nitrogens with two attached hydrogens (primary N) is 1. The summed E-state index contributed by atoms with van der Waals surface area (Å²) in [6.07, 6.45) is 4.78. The number of fused-ring (bicyclic) bond motifs is 1. The summed E-state index contributed by atoms with van der Waals surface area (Å²) >= 11 is 6.18. The maximum absolute atomic E-state index is 13.7. The molecule has 2 saturated heterocycles. The van der Waals surface area contributed by atoms with E-state index in [2.05, 4.69) is 4.72 Å². The van der Waals surface area contributed by atoms with Crippen LogP contribution < -0.4 is 15.4 Å². The SMILES string of the molecule is Cc1cn2nc([C@@H]3CCCCN3C(=O)c3cc(Cl)ccc3NS(C)(=O)=O)cc2nc1N1CC(N)C(O)C1. The Labute approximate surface area is 220 Å². The molecule has 0 aliphatic carbocycles. The fourth-order valence-electron chi connectivity index (χ4n) is 5.11. The molecule has 0 saturated carbocycles. The number of likely N-dealkylation sites (tertiary alicyclic amines) is 1. The van der Waals surface area contributed by atoms with Gasteiger partial charge in [0, 0.05) is 48.5 Å². The van der Waals surface area contributed by atoms with Crippen LogP contribution in [0.15, 0.2) is 30.5 Å². The molecule has 3 aromatic rings. The number of hydrogen-bond donors (Lipinski definition) is 3. The van der Waals surface area contributed by atoms with Crippen LogP contribution in [0.1, 0.15) is 46.9 Å². The van der Waals surface area contributed by atoms with Crippen molar-refractivity contribution in [2.24, 2.45) is 5.73 Å². The van der Waals surface area contributed by atoms with Crippen molar-refractivity contribution < 1.29 is 18.3 Å². The zero-order valence-electron chi connectivity index (χ0n) is 20.6. The Bertz CT molecular complexity index is 1450. The van der Waals surface area contributed by atoms with Crippen LogP contribution in [0.2, 0.25) is 5.02 Å². The lowest BCUT2D eigenvalue weighted by molar-refractivity contribution is 0.0607. The van der Waals surface area contributed by atoms with Gasteiger partial charge >= 0.3 is 0 Å². The first-order chi connectivity index (χ1) is 17.5. The average molecular weight is 548 g/mol. The third-order valence-corrected chi connectivity index (χ3v) is 7.69. The highest BCUT2D eigenvalue weighted by Gasteiger charge is 2.33. The van der Waals surface area contributed by atoms with Gasteiger partial charge in [-0.3, -0.25) is 9.52 Å². The normalized spacial score (nSPS) is 22.6. The number of β-amino-alcohol motifs (C(OH)–C–C–N with tert-alkyl or cyclic N) is 1. The lowest BCUT2D eigenvalue weighted by Gasteiger charge is -2.35. The summed E-state index contributed by atoms with van der Waals surface area (Å²) in [4.78, 5) is 22.2. The molecule has 2 fully saturated rings. The minimum atomic E-state index is -3.60. The molecule has 2 aromatic heterocycles. The predicted molar refractivity (Wildman–Crippen MR) is 141 cm³/mol. The number of aromatic nitrogens is 3. The molecule has 37 heavy (non-hydrogen) atoms. The van der Waals surface area contributed by atoms with Gasteiger partial charge in [0.1, 0.15) is 5.82 Å². The smallest absolute Gasteiger partial charge is 0.256 e. The quantitative estimate of drug-likeness (QED) is 0.439. The lowest BCUT2D eigenvalue weighted by Crippen LogP contribution is -2.39. The number of hydrogen-bond acceptors (Lipinski definition) is 8. The Balaban J connectivity index is 1.48. The van der Waals surface area contributed by atoms with Crippen molar-refractivity contribution in [3.8, 4) is 0 Å². The molecule has 0 bridgehead atoms. The number of aliphatic hydroxyl groups excluding tert-OH is 1. The molecule has 0 radical (unpaired) electrons. The summed E-state index contributed by atoms with van der Waals surface area (Å²) in [5.74, 6) is 0.429. The number of benzene rings is 1. The maximum atomic E-state index is 13.7. The molecule has 1 amide bonds. The largest absolute Gasteiger partial charge is 0.390 e. The highest BCUT2D eigenvalue weighted by atomic mass is 35.5. The van der Waals surface area contributed by atoms with Gasteiger partial charge < -0.3 is 20.6 Å². The number of anilines is 2. The van der Waals surface area contributed by atoms with E-state index in [1.54, 1.807) is 15.5 Å². The highest BCUT2D eigenvalue weighted by molar-refractivity contribution is 7.92. The van der Waals surface area contributed by atoms with Crippen LogP contribution in [0.3, 0.4) is 0 Å². The first-order valence-electron chi connectivity index (χ1n) is 12.1. The van der Waals surface area contributed by atoms with Crippen molar-refractivity contribution in [3.63, 3.8) is 0 Å². The molecule has 3 atom stereocenters. The summed E-state index contributed by atoms with van der Waals surface area (Å²) in [7, 11) is -3.60. The number of sulfonamides is 1. The van der Waals surface area contributed by atoms with E-state index in [0.29, 0.717) is 42.4 Å². The van der Waals surface area contributed by atoms with Gasteiger partial charge in [-0.2, -0.15) is 5.10 Å². The Morgan fingerprint density at radius 1 is 1.24 bits per heavy atom. The van der Waals surface area contributed by atoms with Gasteiger partial charge in [0.2, 0.25) is 10.0 Å². The van der Waals surface area contributed by atoms with E-state index in [1.165, 1.54) is 12.1 Å². The molecule has 1 aromatic carbocycles. The maximum Gasteiger partial charge on any atom is 0.256 e. The monoisotopic (exact) mass is 547 g/mol. The van der Waals surface area contributed by atoms with Crippen molar-refractivity contribution in [2.75, 3.05) is 35.5 Å². The summed E-state index contributed by atoms with van der Waals surface area (Å²) in [5, 5.41) is 15.2.